The molecule has 0 aromatic heterocycles. The van der Waals surface area contributed by atoms with Crippen LogP contribution < -0.4 is 5.32 Å². The maximum atomic E-state index is 12.0. The molecule has 1 aliphatic heterocycles. The SMILES string of the molecule is CN(C)CCCNC(=O)C1CC(=O)N(CCC[SiH](C)O)C1. The summed E-state index contributed by atoms with van der Waals surface area (Å²) in [5, 5.41) is 2.92. The highest BCUT2D eigenvalue weighted by Crippen LogP contribution is 2.18. The summed E-state index contributed by atoms with van der Waals surface area (Å²) >= 11 is 0. The fourth-order valence-corrected chi connectivity index (χ4v) is 3.27. The van der Waals surface area contributed by atoms with E-state index in [-0.39, 0.29) is 17.7 Å². The first-order chi connectivity index (χ1) is 9.90. The fraction of sp³-hybridized carbons (Fsp3) is 0.857. The van der Waals surface area contributed by atoms with Crippen molar-refractivity contribution in [1.82, 2.24) is 15.1 Å². The minimum atomic E-state index is -1.54. The van der Waals surface area contributed by atoms with Gasteiger partial charge >= 0.3 is 0 Å². The molecule has 1 saturated heterocycles. The molecule has 0 spiro atoms. The molecule has 122 valence electrons. The van der Waals surface area contributed by atoms with E-state index >= 15 is 0 Å². The van der Waals surface area contributed by atoms with Crippen LogP contribution in [0.15, 0.2) is 0 Å². The molecule has 2 unspecified atom stereocenters. The molecule has 0 saturated carbocycles. The zero-order chi connectivity index (χ0) is 15.8. The molecule has 1 aliphatic rings. The summed E-state index contributed by atoms with van der Waals surface area (Å²) in [6.45, 7) is 4.69. The topological polar surface area (TPSA) is 72.9 Å². The van der Waals surface area contributed by atoms with E-state index in [1.165, 1.54) is 0 Å². The number of carbonyl (C=O) groups excluding carboxylic acids is 2. The second-order valence-electron chi connectivity index (χ2n) is 6.18. The van der Waals surface area contributed by atoms with Crippen molar-refractivity contribution in [2.24, 2.45) is 5.92 Å². The quantitative estimate of drug-likeness (QED) is 0.450. The van der Waals surface area contributed by atoms with Crippen LogP contribution in [0.1, 0.15) is 19.3 Å². The number of hydrogen-bond donors (Lipinski definition) is 2. The van der Waals surface area contributed by atoms with Crippen molar-refractivity contribution in [2.45, 2.75) is 31.9 Å². The van der Waals surface area contributed by atoms with Crippen LogP contribution in [0.2, 0.25) is 12.6 Å². The molecule has 1 heterocycles. The number of hydrogen-bond acceptors (Lipinski definition) is 4. The zero-order valence-corrected chi connectivity index (χ0v) is 14.6. The first kappa shape index (κ1) is 18.1. The van der Waals surface area contributed by atoms with Crippen molar-refractivity contribution in [3.05, 3.63) is 0 Å². The highest BCUT2D eigenvalue weighted by Gasteiger charge is 2.33. The lowest BCUT2D eigenvalue weighted by Gasteiger charge is -2.17. The molecule has 0 aliphatic carbocycles. The molecular formula is C14H29N3O3Si. The minimum absolute atomic E-state index is 0.00509. The summed E-state index contributed by atoms with van der Waals surface area (Å²) in [6.07, 6.45) is 2.08. The molecule has 0 bridgehead atoms. The van der Waals surface area contributed by atoms with Gasteiger partial charge in [-0.05, 0) is 46.1 Å². The van der Waals surface area contributed by atoms with E-state index in [4.69, 9.17) is 0 Å². The van der Waals surface area contributed by atoms with Crippen molar-refractivity contribution in [1.29, 1.82) is 0 Å². The predicted molar refractivity (Wildman–Crippen MR) is 85.5 cm³/mol. The van der Waals surface area contributed by atoms with Crippen LogP contribution in [0, 0.1) is 5.92 Å². The molecule has 2 amide bonds. The number of rotatable bonds is 9. The van der Waals surface area contributed by atoms with Crippen LogP contribution in [0.5, 0.6) is 0 Å². The lowest BCUT2D eigenvalue weighted by Crippen LogP contribution is -2.34. The lowest BCUT2D eigenvalue weighted by molar-refractivity contribution is -0.129. The molecule has 0 radical (unpaired) electrons. The van der Waals surface area contributed by atoms with E-state index in [1.54, 1.807) is 4.90 Å². The molecule has 6 nitrogen and oxygen atoms in total. The number of likely N-dealkylation sites (tertiary alicyclic amines) is 1. The van der Waals surface area contributed by atoms with Crippen LogP contribution in [0.3, 0.4) is 0 Å². The zero-order valence-electron chi connectivity index (χ0n) is 13.5. The summed E-state index contributed by atoms with van der Waals surface area (Å²) in [6, 6.07) is 0.825. The summed E-state index contributed by atoms with van der Waals surface area (Å²) in [4.78, 5) is 37.1. The second-order valence-corrected chi connectivity index (χ2v) is 8.46. The monoisotopic (exact) mass is 315 g/mol. The van der Waals surface area contributed by atoms with Crippen LogP contribution in [0.4, 0.5) is 0 Å². The molecule has 2 N–H and O–H groups in total. The van der Waals surface area contributed by atoms with Crippen molar-refractivity contribution >= 4 is 20.9 Å². The molecule has 21 heavy (non-hydrogen) atoms. The Morgan fingerprint density at radius 1 is 1.48 bits per heavy atom. The average Bonchev–Trinajstić information content (AvgIpc) is 2.75. The highest BCUT2D eigenvalue weighted by atomic mass is 28.3. The van der Waals surface area contributed by atoms with Crippen molar-refractivity contribution in [3.63, 3.8) is 0 Å². The van der Waals surface area contributed by atoms with Gasteiger partial charge in [0.25, 0.3) is 0 Å². The van der Waals surface area contributed by atoms with Crippen LogP contribution in [-0.2, 0) is 9.59 Å². The maximum absolute atomic E-state index is 12.0. The second kappa shape index (κ2) is 9.17. The standard InChI is InChI=1S/C14H29N3O3Si/c1-16(2)7-4-6-15-14(19)12-10-13(18)17(11-12)8-5-9-21(3)20/h12,20-21H,4-11H2,1-3H3,(H,15,19). The third kappa shape index (κ3) is 7.06. The largest absolute Gasteiger partial charge is 0.435 e. The molecule has 1 rings (SSSR count). The first-order valence-corrected chi connectivity index (χ1v) is 10.3. The third-order valence-electron chi connectivity index (χ3n) is 3.72. The van der Waals surface area contributed by atoms with Crippen LogP contribution in [-0.4, -0.2) is 75.7 Å². The number of amides is 2. The van der Waals surface area contributed by atoms with E-state index in [1.807, 2.05) is 20.6 Å². The van der Waals surface area contributed by atoms with E-state index in [0.717, 1.165) is 25.4 Å². The molecule has 1 fully saturated rings. The maximum Gasteiger partial charge on any atom is 0.225 e. The lowest BCUT2D eigenvalue weighted by atomic mass is 10.1. The van der Waals surface area contributed by atoms with E-state index < -0.39 is 9.04 Å². The normalized spacial score (nSPS) is 20.1. The number of nitrogens with one attached hydrogen (secondary N) is 1. The van der Waals surface area contributed by atoms with Gasteiger partial charge in [0, 0.05) is 26.1 Å². The van der Waals surface area contributed by atoms with Gasteiger partial charge < -0.3 is 19.9 Å². The van der Waals surface area contributed by atoms with Gasteiger partial charge in [-0.15, -0.1) is 0 Å². The van der Waals surface area contributed by atoms with Gasteiger partial charge in [0.2, 0.25) is 11.8 Å². The Bertz CT molecular complexity index is 350. The Hall–Kier alpha value is -0.923. The van der Waals surface area contributed by atoms with Gasteiger partial charge in [-0.3, -0.25) is 9.59 Å². The third-order valence-corrected chi connectivity index (χ3v) is 4.96. The molecule has 0 aromatic rings. The summed E-state index contributed by atoms with van der Waals surface area (Å²) in [5.74, 6) is -0.147. The van der Waals surface area contributed by atoms with Crippen LogP contribution >= 0.6 is 0 Å². The van der Waals surface area contributed by atoms with Gasteiger partial charge in [-0.25, -0.2) is 0 Å². The van der Waals surface area contributed by atoms with Crippen molar-refractivity contribution in [3.8, 4) is 0 Å². The minimum Gasteiger partial charge on any atom is -0.435 e. The van der Waals surface area contributed by atoms with Gasteiger partial charge in [0.1, 0.15) is 0 Å². The Morgan fingerprint density at radius 2 is 2.19 bits per heavy atom. The van der Waals surface area contributed by atoms with Gasteiger partial charge in [-0.1, -0.05) is 0 Å². The molecule has 0 aromatic carbocycles. The Morgan fingerprint density at radius 3 is 2.81 bits per heavy atom. The summed E-state index contributed by atoms with van der Waals surface area (Å²) < 4.78 is 0. The average molecular weight is 315 g/mol. The van der Waals surface area contributed by atoms with Gasteiger partial charge in [0.05, 0.1) is 5.92 Å². The van der Waals surface area contributed by atoms with Gasteiger partial charge in [-0.2, -0.15) is 0 Å². The number of carbonyl (C=O) groups is 2. The fourth-order valence-electron chi connectivity index (χ4n) is 2.49. The Labute approximate surface area is 129 Å². The molecular weight excluding hydrogens is 286 g/mol. The van der Waals surface area contributed by atoms with E-state index in [2.05, 4.69) is 10.2 Å². The van der Waals surface area contributed by atoms with Crippen LogP contribution in [0.25, 0.3) is 0 Å². The summed E-state index contributed by atoms with van der Waals surface area (Å²) in [5.41, 5.74) is 0. The molecule has 2 atom stereocenters. The van der Waals surface area contributed by atoms with E-state index in [9.17, 15) is 14.4 Å². The van der Waals surface area contributed by atoms with Crippen molar-refractivity contribution in [2.75, 3.05) is 40.3 Å². The van der Waals surface area contributed by atoms with Gasteiger partial charge in [0.15, 0.2) is 9.04 Å². The predicted octanol–water partition coefficient (Wildman–Crippen LogP) is -0.361. The highest BCUT2D eigenvalue weighted by molar-refractivity contribution is 6.48. The van der Waals surface area contributed by atoms with Crippen molar-refractivity contribution < 1.29 is 14.4 Å². The Balaban J connectivity index is 2.24. The molecule has 7 heteroatoms. The number of nitrogens with zero attached hydrogens (tertiary/aromatic N) is 2. The van der Waals surface area contributed by atoms with E-state index in [0.29, 0.717) is 26.1 Å². The first-order valence-electron chi connectivity index (χ1n) is 7.78. The Kier molecular flexibility index (Phi) is 7.91. The smallest absolute Gasteiger partial charge is 0.225 e. The summed E-state index contributed by atoms with van der Waals surface area (Å²) in [7, 11) is 2.47.